The Balaban J connectivity index is 2.31. The highest BCUT2D eigenvalue weighted by Gasteiger charge is 2.48. The van der Waals surface area contributed by atoms with Crippen LogP contribution in [0.5, 0.6) is 0 Å². The predicted molar refractivity (Wildman–Crippen MR) is 109 cm³/mol. The van der Waals surface area contributed by atoms with Crippen LogP contribution in [0.15, 0.2) is 23.3 Å². The second-order valence-corrected chi connectivity index (χ2v) is 14.6. The molecule has 1 nitrogen and oxygen atoms in total. The number of fused-ring (bicyclic) bond motifs is 1. The summed E-state index contributed by atoms with van der Waals surface area (Å²) in [5, 5.41) is 0.314. The van der Waals surface area contributed by atoms with Crippen molar-refractivity contribution >= 4 is 8.32 Å². The monoisotopic (exact) mass is 348 g/mol. The molecule has 2 heteroatoms. The third-order valence-electron chi connectivity index (χ3n) is 6.93. The quantitative estimate of drug-likeness (QED) is 0.380. The molecule has 0 radical (unpaired) electrons. The summed E-state index contributed by atoms with van der Waals surface area (Å²) >= 11 is 0. The van der Waals surface area contributed by atoms with Crippen molar-refractivity contribution in [1.29, 1.82) is 0 Å². The van der Waals surface area contributed by atoms with E-state index in [1.165, 1.54) is 24.9 Å². The SMILES string of the molecule is CC[Si](CC)(O[C@H]1CC[C@H]2C(C)=CCC(C(C)C)=C[C@H]12)C(C)(C)C. The van der Waals surface area contributed by atoms with Crippen molar-refractivity contribution in [3.8, 4) is 0 Å². The van der Waals surface area contributed by atoms with Crippen molar-refractivity contribution in [2.45, 2.75) is 97.9 Å². The van der Waals surface area contributed by atoms with Gasteiger partial charge in [0.15, 0.2) is 8.32 Å². The lowest BCUT2D eigenvalue weighted by Gasteiger charge is -2.44. The van der Waals surface area contributed by atoms with Gasteiger partial charge in [0.2, 0.25) is 0 Å². The Bertz CT molecular complexity index is 491. The van der Waals surface area contributed by atoms with E-state index in [0.717, 1.165) is 6.42 Å². The standard InChI is InChI=1S/C22H40OSi/c1-9-24(10-2,22(6,7)8)23-21-14-13-19-17(5)11-12-18(16(3)4)15-20(19)21/h11,15-16,19-21H,9-10,12-14H2,1-8H3/t19-,20-,21-/m0/s1. The van der Waals surface area contributed by atoms with Gasteiger partial charge >= 0.3 is 0 Å². The van der Waals surface area contributed by atoms with Gasteiger partial charge in [0.05, 0.1) is 6.10 Å². The molecule has 0 aliphatic heterocycles. The van der Waals surface area contributed by atoms with Crippen LogP contribution in [0.25, 0.3) is 0 Å². The third-order valence-corrected chi connectivity index (χ3v) is 12.7. The van der Waals surface area contributed by atoms with Gasteiger partial charge in [-0.3, -0.25) is 0 Å². The summed E-state index contributed by atoms with van der Waals surface area (Å²) in [6.07, 6.45) is 9.25. The lowest BCUT2D eigenvalue weighted by atomic mass is 9.88. The van der Waals surface area contributed by atoms with Crippen LogP contribution in [-0.2, 0) is 4.43 Å². The first-order valence-electron chi connectivity index (χ1n) is 10.2. The Kier molecular flexibility index (Phi) is 6.24. The summed E-state index contributed by atoms with van der Waals surface area (Å²) in [6, 6.07) is 2.47. The minimum atomic E-state index is -1.72. The average molecular weight is 349 g/mol. The Morgan fingerprint density at radius 2 is 1.79 bits per heavy atom. The van der Waals surface area contributed by atoms with Crippen molar-refractivity contribution in [1.82, 2.24) is 0 Å². The van der Waals surface area contributed by atoms with E-state index < -0.39 is 8.32 Å². The molecule has 24 heavy (non-hydrogen) atoms. The van der Waals surface area contributed by atoms with E-state index in [9.17, 15) is 0 Å². The van der Waals surface area contributed by atoms with Gasteiger partial charge < -0.3 is 4.43 Å². The van der Waals surface area contributed by atoms with Gasteiger partial charge in [0, 0.05) is 5.92 Å². The van der Waals surface area contributed by atoms with Gasteiger partial charge in [-0.25, -0.2) is 0 Å². The predicted octanol–water partition coefficient (Wildman–Crippen LogP) is 7.12. The van der Waals surface area contributed by atoms with Crippen LogP contribution in [0.3, 0.4) is 0 Å². The maximum atomic E-state index is 7.13. The van der Waals surface area contributed by atoms with Crippen LogP contribution in [0.1, 0.15) is 74.7 Å². The Hall–Kier alpha value is -0.343. The summed E-state index contributed by atoms with van der Waals surface area (Å²) in [5.41, 5.74) is 3.22. The molecular formula is C22H40OSi. The van der Waals surface area contributed by atoms with Crippen molar-refractivity contribution < 1.29 is 4.43 Å². The minimum absolute atomic E-state index is 0.314. The zero-order valence-corrected chi connectivity index (χ0v) is 18.4. The zero-order chi connectivity index (χ0) is 18.1. The molecule has 0 aromatic carbocycles. The van der Waals surface area contributed by atoms with Crippen LogP contribution in [-0.4, -0.2) is 14.4 Å². The molecular weight excluding hydrogens is 308 g/mol. The first-order chi connectivity index (χ1) is 11.1. The molecule has 0 bridgehead atoms. The van der Waals surface area contributed by atoms with Gasteiger partial charge in [-0.15, -0.1) is 0 Å². The summed E-state index contributed by atoms with van der Waals surface area (Å²) < 4.78 is 7.13. The van der Waals surface area contributed by atoms with Crippen molar-refractivity contribution in [2.24, 2.45) is 17.8 Å². The van der Waals surface area contributed by atoms with E-state index in [1.807, 2.05) is 0 Å². The molecule has 1 saturated carbocycles. The largest absolute Gasteiger partial charge is 0.413 e. The Morgan fingerprint density at radius 3 is 2.29 bits per heavy atom. The molecule has 0 aromatic rings. The lowest BCUT2D eigenvalue weighted by molar-refractivity contribution is 0.147. The second kappa shape index (κ2) is 7.49. The highest BCUT2D eigenvalue weighted by atomic mass is 28.4. The highest BCUT2D eigenvalue weighted by Crippen LogP contribution is 2.48. The van der Waals surface area contributed by atoms with Crippen LogP contribution < -0.4 is 0 Å². The molecule has 0 amide bonds. The lowest BCUT2D eigenvalue weighted by Crippen LogP contribution is -2.49. The van der Waals surface area contributed by atoms with E-state index in [0.29, 0.717) is 28.9 Å². The molecule has 3 atom stereocenters. The molecule has 2 rings (SSSR count). The van der Waals surface area contributed by atoms with Gasteiger partial charge in [0.25, 0.3) is 0 Å². The Morgan fingerprint density at radius 1 is 1.17 bits per heavy atom. The molecule has 0 aromatic heterocycles. The number of hydrogen-bond donors (Lipinski definition) is 0. The summed E-state index contributed by atoms with van der Waals surface area (Å²) in [5.74, 6) is 1.97. The maximum Gasteiger partial charge on any atom is 0.197 e. The molecule has 138 valence electrons. The number of rotatable bonds is 5. The van der Waals surface area contributed by atoms with E-state index in [1.54, 1.807) is 11.1 Å². The maximum absolute atomic E-state index is 7.13. The summed E-state index contributed by atoms with van der Waals surface area (Å²) in [7, 11) is -1.72. The van der Waals surface area contributed by atoms with Gasteiger partial charge in [-0.2, -0.15) is 0 Å². The smallest absolute Gasteiger partial charge is 0.197 e. The molecule has 0 heterocycles. The fourth-order valence-electron chi connectivity index (χ4n) is 5.00. The number of allylic oxidation sites excluding steroid dienone is 3. The van der Waals surface area contributed by atoms with E-state index >= 15 is 0 Å². The topological polar surface area (TPSA) is 9.23 Å². The normalized spacial score (nSPS) is 28.5. The summed E-state index contributed by atoms with van der Waals surface area (Å²) in [4.78, 5) is 0. The van der Waals surface area contributed by atoms with Crippen LogP contribution in [0.4, 0.5) is 0 Å². The third kappa shape index (κ3) is 3.75. The zero-order valence-electron chi connectivity index (χ0n) is 17.4. The molecule has 0 N–H and O–H groups in total. The number of hydrogen-bond acceptors (Lipinski definition) is 1. The molecule has 0 unspecified atom stereocenters. The van der Waals surface area contributed by atoms with Gasteiger partial charge in [-0.05, 0) is 55.1 Å². The van der Waals surface area contributed by atoms with E-state index in [2.05, 4.69) is 67.5 Å². The Labute approximate surface area is 152 Å². The first kappa shape index (κ1) is 20.0. The molecule has 2 aliphatic rings. The molecule has 0 spiro atoms. The average Bonchev–Trinajstić information content (AvgIpc) is 2.81. The molecule has 2 aliphatic carbocycles. The summed E-state index contributed by atoms with van der Waals surface area (Å²) in [6.45, 7) is 19.0. The van der Waals surface area contributed by atoms with Crippen molar-refractivity contribution in [3.63, 3.8) is 0 Å². The van der Waals surface area contributed by atoms with Crippen LogP contribution in [0, 0.1) is 17.8 Å². The van der Waals surface area contributed by atoms with Gasteiger partial charge in [0.1, 0.15) is 0 Å². The van der Waals surface area contributed by atoms with Crippen molar-refractivity contribution in [3.05, 3.63) is 23.3 Å². The van der Waals surface area contributed by atoms with E-state index in [4.69, 9.17) is 4.43 Å². The van der Waals surface area contributed by atoms with Crippen molar-refractivity contribution in [2.75, 3.05) is 0 Å². The van der Waals surface area contributed by atoms with Gasteiger partial charge in [-0.1, -0.05) is 71.8 Å². The molecule has 1 fully saturated rings. The van der Waals surface area contributed by atoms with E-state index in [-0.39, 0.29) is 0 Å². The highest BCUT2D eigenvalue weighted by molar-refractivity contribution is 6.76. The fourth-order valence-corrected chi connectivity index (χ4v) is 9.16. The first-order valence-corrected chi connectivity index (χ1v) is 12.5. The van der Waals surface area contributed by atoms with Crippen LogP contribution in [0.2, 0.25) is 17.1 Å². The fraction of sp³-hybridized carbons (Fsp3) is 0.818. The molecule has 0 saturated heterocycles. The van der Waals surface area contributed by atoms with Crippen LogP contribution >= 0.6 is 0 Å². The second-order valence-electron chi connectivity index (χ2n) is 9.42. The minimum Gasteiger partial charge on any atom is -0.413 e.